The molecule has 1 fully saturated rings. The number of sulfonamides is 1. The van der Waals surface area contributed by atoms with Crippen molar-refractivity contribution in [2.75, 3.05) is 26.2 Å². The first kappa shape index (κ1) is 19.4. The van der Waals surface area contributed by atoms with Crippen LogP contribution in [0.25, 0.3) is 6.08 Å². The number of halogens is 2. The first-order valence-corrected chi connectivity index (χ1v) is 10.9. The van der Waals surface area contributed by atoms with E-state index in [1.807, 2.05) is 17.5 Å². The Morgan fingerprint density at radius 2 is 1.69 bits per heavy atom. The van der Waals surface area contributed by atoms with E-state index >= 15 is 0 Å². The first-order chi connectivity index (χ1) is 12.4. The summed E-state index contributed by atoms with van der Waals surface area (Å²) in [5, 5.41) is 2.12. The van der Waals surface area contributed by atoms with Crippen molar-refractivity contribution in [3.8, 4) is 0 Å². The molecule has 1 aromatic carbocycles. The molecule has 0 bridgehead atoms. The molecule has 0 radical (unpaired) electrons. The predicted molar refractivity (Wildman–Crippen MR) is 105 cm³/mol. The van der Waals surface area contributed by atoms with Gasteiger partial charge in [-0.1, -0.05) is 35.3 Å². The number of piperazine rings is 1. The van der Waals surface area contributed by atoms with Gasteiger partial charge < -0.3 is 4.90 Å². The van der Waals surface area contributed by atoms with Gasteiger partial charge >= 0.3 is 0 Å². The van der Waals surface area contributed by atoms with Crippen molar-refractivity contribution in [1.29, 1.82) is 0 Å². The van der Waals surface area contributed by atoms with Crippen LogP contribution in [-0.4, -0.2) is 49.7 Å². The number of benzene rings is 1. The van der Waals surface area contributed by atoms with Crippen molar-refractivity contribution >= 4 is 56.5 Å². The molecule has 1 amide bonds. The van der Waals surface area contributed by atoms with Gasteiger partial charge in [0.1, 0.15) is 4.90 Å². The summed E-state index contributed by atoms with van der Waals surface area (Å²) in [6.45, 7) is 1.02. The molecule has 138 valence electrons. The van der Waals surface area contributed by atoms with E-state index in [0.717, 1.165) is 4.88 Å². The van der Waals surface area contributed by atoms with Gasteiger partial charge in [0.2, 0.25) is 15.9 Å². The molecule has 1 aliphatic rings. The number of thiophene rings is 1. The first-order valence-electron chi connectivity index (χ1n) is 7.84. The fraction of sp³-hybridized carbons (Fsp3) is 0.235. The molecule has 1 aliphatic heterocycles. The summed E-state index contributed by atoms with van der Waals surface area (Å²) in [6, 6.07) is 8.43. The number of rotatable bonds is 4. The molecule has 0 atom stereocenters. The van der Waals surface area contributed by atoms with Crippen LogP contribution in [0.1, 0.15) is 4.88 Å². The van der Waals surface area contributed by atoms with Crippen LogP contribution in [0.5, 0.6) is 0 Å². The molecule has 26 heavy (non-hydrogen) atoms. The Hall–Kier alpha value is -1.38. The molecule has 0 aliphatic carbocycles. The number of carbonyl (C=O) groups is 1. The number of nitrogens with zero attached hydrogens (tertiary/aromatic N) is 2. The summed E-state index contributed by atoms with van der Waals surface area (Å²) in [4.78, 5) is 14.8. The second-order valence-electron chi connectivity index (χ2n) is 5.63. The zero-order valence-corrected chi connectivity index (χ0v) is 16.8. The molecule has 0 N–H and O–H groups in total. The summed E-state index contributed by atoms with van der Waals surface area (Å²) in [5.74, 6) is -0.133. The van der Waals surface area contributed by atoms with Gasteiger partial charge in [0.25, 0.3) is 0 Å². The largest absolute Gasteiger partial charge is 0.337 e. The van der Waals surface area contributed by atoms with E-state index in [-0.39, 0.29) is 33.9 Å². The van der Waals surface area contributed by atoms with E-state index in [0.29, 0.717) is 13.1 Å². The number of hydrogen-bond donors (Lipinski definition) is 0. The van der Waals surface area contributed by atoms with Crippen molar-refractivity contribution in [2.45, 2.75) is 4.90 Å². The van der Waals surface area contributed by atoms with Crippen molar-refractivity contribution in [2.24, 2.45) is 0 Å². The predicted octanol–water partition coefficient (Wildman–Crippen LogP) is 3.60. The van der Waals surface area contributed by atoms with E-state index < -0.39 is 10.0 Å². The summed E-state index contributed by atoms with van der Waals surface area (Å²) >= 11 is 13.6. The Bertz CT molecular complexity index is 899. The molecular formula is C17H16Cl2N2O3S2. The average molecular weight is 431 g/mol. The van der Waals surface area contributed by atoms with Gasteiger partial charge in [-0.05, 0) is 29.7 Å². The Morgan fingerprint density at radius 3 is 2.27 bits per heavy atom. The van der Waals surface area contributed by atoms with Crippen LogP contribution in [0.15, 0.2) is 46.7 Å². The summed E-state index contributed by atoms with van der Waals surface area (Å²) in [5.41, 5.74) is 0. The third kappa shape index (κ3) is 4.13. The van der Waals surface area contributed by atoms with Crippen molar-refractivity contribution < 1.29 is 13.2 Å². The lowest BCUT2D eigenvalue weighted by molar-refractivity contribution is -0.127. The number of hydrogen-bond acceptors (Lipinski definition) is 4. The zero-order valence-electron chi connectivity index (χ0n) is 13.6. The average Bonchev–Trinajstić information content (AvgIpc) is 3.13. The Kier molecular flexibility index (Phi) is 6.04. The van der Waals surface area contributed by atoms with Gasteiger partial charge in [-0.3, -0.25) is 4.79 Å². The molecule has 5 nitrogen and oxygen atoms in total. The Morgan fingerprint density at radius 1 is 1.04 bits per heavy atom. The van der Waals surface area contributed by atoms with Gasteiger partial charge in [-0.2, -0.15) is 4.31 Å². The normalized spacial score (nSPS) is 16.3. The molecule has 9 heteroatoms. The lowest BCUT2D eigenvalue weighted by Crippen LogP contribution is -2.50. The molecule has 3 rings (SSSR count). The van der Waals surface area contributed by atoms with Gasteiger partial charge in [-0.25, -0.2) is 8.42 Å². The van der Waals surface area contributed by atoms with Crippen LogP contribution in [0, 0.1) is 0 Å². The highest BCUT2D eigenvalue weighted by molar-refractivity contribution is 7.89. The zero-order chi connectivity index (χ0) is 18.7. The highest BCUT2D eigenvalue weighted by atomic mass is 35.5. The minimum Gasteiger partial charge on any atom is -0.337 e. The van der Waals surface area contributed by atoms with Crippen LogP contribution in [0.4, 0.5) is 0 Å². The van der Waals surface area contributed by atoms with Crippen LogP contribution < -0.4 is 0 Å². The molecule has 0 spiro atoms. The minimum atomic E-state index is -3.81. The van der Waals surface area contributed by atoms with Crippen molar-refractivity contribution in [3.05, 3.63) is 56.7 Å². The highest BCUT2D eigenvalue weighted by Gasteiger charge is 2.32. The third-order valence-corrected chi connectivity index (χ3v) is 7.69. The minimum absolute atomic E-state index is 0.0827. The molecular weight excluding hydrogens is 415 g/mol. The molecule has 2 heterocycles. The van der Waals surface area contributed by atoms with Crippen LogP contribution in [0.3, 0.4) is 0 Å². The summed E-state index contributed by atoms with van der Waals surface area (Å²) in [6.07, 6.45) is 3.28. The SMILES string of the molecule is O=C(/C=C/c1cccs1)N1CCN(S(=O)(=O)c2c(Cl)cccc2Cl)CC1. The number of amides is 1. The quantitative estimate of drug-likeness (QED) is 0.696. The Balaban J connectivity index is 1.67. The lowest BCUT2D eigenvalue weighted by atomic mass is 10.3. The third-order valence-electron chi connectivity index (χ3n) is 4.00. The van der Waals surface area contributed by atoms with Crippen molar-refractivity contribution in [1.82, 2.24) is 9.21 Å². The van der Waals surface area contributed by atoms with E-state index in [9.17, 15) is 13.2 Å². The van der Waals surface area contributed by atoms with Crippen LogP contribution in [-0.2, 0) is 14.8 Å². The van der Waals surface area contributed by atoms with E-state index in [2.05, 4.69) is 0 Å². The van der Waals surface area contributed by atoms with Gasteiger partial charge in [0, 0.05) is 37.1 Å². The summed E-state index contributed by atoms with van der Waals surface area (Å²) < 4.78 is 27.0. The van der Waals surface area contributed by atoms with E-state index in [1.165, 1.54) is 22.5 Å². The van der Waals surface area contributed by atoms with Crippen LogP contribution >= 0.6 is 34.5 Å². The maximum absolute atomic E-state index is 12.8. The fourth-order valence-electron chi connectivity index (χ4n) is 2.65. The maximum Gasteiger partial charge on any atom is 0.246 e. The molecule has 0 unspecified atom stereocenters. The Labute approximate surface area is 166 Å². The highest BCUT2D eigenvalue weighted by Crippen LogP contribution is 2.31. The lowest BCUT2D eigenvalue weighted by Gasteiger charge is -2.33. The second-order valence-corrected chi connectivity index (χ2v) is 9.30. The second kappa shape index (κ2) is 8.10. The number of carbonyl (C=O) groups excluding carboxylic acids is 1. The molecule has 2 aromatic rings. The topological polar surface area (TPSA) is 57.7 Å². The summed E-state index contributed by atoms with van der Waals surface area (Å²) in [7, 11) is -3.81. The smallest absolute Gasteiger partial charge is 0.246 e. The van der Waals surface area contributed by atoms with Crippen LogP contribution in [0.2, 0.25) is 10.0 Å². The maximum atomic E-state index is 12.8. The van der Waals surface area contributed by atoms with Gasteiger partial charge in [0.15, 0.2) is 0 Å². The molecule has 1 aromatic heterocycles. The van der Waals surface area contributed by atoms with Gasteiger partial charge in [-0.15, -0.1) is 11.3 Å². The monoisotopic (exact) mass is 430 g/mol. The fourth-order valence-corrected chi connectivity index (χ4v) is 5.78. The van der Waals surface area contributed by atoms with Gasteiger partial charge in [0.05, 0.1) is 10.0 Å². The standard InChI is InChI=1S/C17H16Cl2N2O3S2/c18-14-4-1-5-15(19)17(14)26(23,24)21-10-8-20(9-11-21)16(22)7-6-13-3-2-12-25-13/h1-7,12H,8-11H2/b7-6+. The molecule has 1 saturated heterocycles. The molecule has 0 saturated carbocycles. The van der Waals surface area contributed by atoms with E-state index in [4.69, 9.17) is 23.2 Å². The van der Waals surface area contributed by atoms with E-state index in [1.54, 1.807) is 28.4 Å². The van der Waals surface area contributed by atoms with Crippen molar-refractivity contribution in [3.63, 3.8) is 0 Å².